The summed E-state index contributed by atoms with van der Waals surface area (Å²) in [6.07, 6.45) is 2.18. The number of nitrogens with zero attached hydrogens (tertiary/aromatic N) is 4. The van der Waals surface area contributed by atoms with Crippen LogP contribution in [-0.2, 0) is 29.5 Å². The van der Waals surface area contributed by atoms with Crippen LogP contribution in [0.5, 0.6) is 0 Å². The van der Waals surface area contributed by atoms with E-state index in [4.69, 9.17) is 0 Å². The lowest BCUT2D eigenvalue weighted by Gasteiger charge is -2.33. The van der Waals surface area contributed by atoms with Gasteiger partial charge < -0.3 is 0 Å². The quantitative estimate of drug-likeness (QED) is 0.774. The first-order chi connectivity index (χ1) is 9.86. The third kappa shape index (κ3) is 3.85. The van der Waals surface area contributed by atoms with Crippen LogP contribution in [0.1, 0.15) is 25.2 Å². The Morgan fingerprint density at radius 3 is 2.29 bits per heavy atom. The second-order valence-electron chi connectivity index (χ2n) is 5.31. The molecule has 6 nitrogen and oxygen atoms in total. The average molecular weight is 379 g/mol. The van der Waals surface area contributed by atoms with E-state index in [1.54, 1.807) is 4.31 Å². The predicted octanol–water partition coefficient (Wildman–Crippen LogP) is 1.31. The highest BCUT2D eigenvalue weighted by atomic mass is 79.9. The Hall–Kier alpha value is -0.440. The molecule has 2 heterocycles. The van der Waals surface area contributed by atoms with Gasteiger partial charge in [-0.15, -0.1) is 0 Å². The molecule has 120 valence electrons. The highest BCUT2D eigenvalue weighted by Crippen LogP contribution is 2.24. The van der Waals surface area contributed by atoms with Crippen LogP contribution in [-0.4, -0.2) is 59.8 Å². The molecule has 0 saturated carbocycles. The van der Waals surface area contributed by atoms with Crippen molar-refractivity contribution in [2.24, 2.45) is 0 Å². The number of sulfonamides is 1. The minimum atomic E-state index is -3.06. The molecule has 1 fully saturated rings. The SMILES string of the molecule is CCc1nn(CC)c(CN2CCN(S(C)(=O)=O)CC2)c1Br. The Morgan fingerprint density at radius 1 is 1.19 bits per heavy atom. The molecule has 2 rings (SSSR count). The zero-order chi connectivity index (χ0) is 15.6. The maximum absolute atomic E-state index is 11.5. The number of halogens is 1. The number of hydrogen-bond acceptors (Lipinski definition) is 4. The predicted molar refractivity (Wildman–Crippen MR) is 86.7 cm³/mol. The topological polar surface area (TPSA) is 58.4 Å². The fraction of sp³-hybridized carbons (Fsp3) is 0.769. The van der Waals surface area contributed by atoms with Crippen molar-refractivity contribution >= 4 is 26.0 Å². The maximum Gasteiger partial charge on any atom is 0.211 e. The molecule has 0 atom stereocenters. The fourth-order valence-corrected chi connectivity index (χ4v) is 4.12. The molecule has 0 N–H and O–H groups in total. The van der Waals surface area contributed by atoms with Crippen molar-refractivity contribution < 1.29 is 8.42 Å². The monoisotopic (exact) mass is 378 g/mol. The van der Waals surface area contributed by atoms with Gasteiger partial charge in [0.05, 0.1) is 22.1 Å². The Kier molecular flexibility index (Phi) is 5.45. The van der Waals surface area contributed by atoms with Gasteiger partial charge in [0, 0.05) is 39.3 Å². The van der Waals surface area contributed by atoms with E-state index in [-0.39, 0.29) is 0 Å². The maximum atomic E-state index is 11.5. The van der Waals surface area contributed by atoms with Crippen molar-refractivity contribution in [1.29, 1.82) is 0 Å². The van der Waals surface area contributed by atoms with Crippen LogP contribution in [0.25, 0.3) is 0 Å². The second-order valence-corrected chi connectivity index (χ2v) is 8.09. The summed E-state index contributed by atoms with van der Waals surface area (Å²) >= 11 is 3.66. The second kappa shape index (κ2) is 6.76. The molecule has 0 amide bonds. The standard InChI is InChI=1S/C13H23BrN4O2S/c1-4-11-13(14)12(18(5-2)15-11)10-16-6-8-17(9-7-16)21(3,19)20/h4-10H2,1-3H3. The zero-order valence-electron chi connectivity index (χ0n) is 12.8. The van der Waals surface area contributed by atoms with Crippen LogP contribution in [0.15, 0.2) is 4.47 Å². The van der Waals surface area contributed by atoms with E-state index in [1.807, 2.05) is 4.68 Å². The molecule has 0 radical (unpaired) electrons. The van der Waals surface area contributed by atoms with E-state index in [1.165, 1.54) is 11.9 Å². The molecule has 1 saturated heterocycles. The zero-order valence-corrected chi connectivity index (χ0v) is 15.2. The first kappa shape index (κ1) is 16.9. The van der Waals surface area contributed by atoms with Gasteiger partial charge in [-0.05, 0) is 29.3 Å². The lowest BCUT2D eigenvalue weighted by atomic mass is 10.2. The molecule has 0 spiro atoms. The smallest absolute Gasteiger partial charge is 0.211 e. The van der Waals surface area contributed by atoms with Crippen LogP contribution < -0.4 is 0 Å². The van der Waals surface area contributed by atoms with Crippen LogP contribution >= 0.6 is 15.9 Å². The van der Waals surface area contributed by atoms with Gasteiger partial charge in [0.1, 0.15) is 0 Å². The summed E-state index contributed by atoms with van der Waals surface area (Å²) in [5.41, 5.74) is 2.27. The number of rotatable bonds is 5. The minimum absolute atomic E-state index is 0.567. The molecule has 0 unspecified atom stereocenters. The van der Waals surface area contributed by atoms with E-state index in [9.17, 15) is 8.42 Å². The summed E-state index contributed by atoms with van der Waals surface area (Å²) in [6, 6.07) is 0. The number of piperazine rings is 1. The Bertz CT molecular complexity index is 592. The third-order valence-corrected chi connectivity index (χ3v) is 6.09. The molecule has 1 aliphatic rings. The summed E-state index contributed by atoms with van der Waals surface area (Å²) in [6.45, 7) is 8.49. The Labute approximate surface area is 135 Å². The molecule has 0 aliphatic carbocycles. The molecule has 1 aliphatic heterocycles. The normalized spacial score (nSPS) is 18.3. The fourth-order valence-electron chi connectivity index (χ4n) is 2.60. The van der Waals surface area contributed by atoms with Crippen molar-refractivity contribution in [3.8, 4) is 0 Å². The lowest BCUT2D eigenvalue weighted by Crippen LogP contribution is -2.48. The van der Waals surface area contributed by atoms with Gasteiger partial charge in [-0.1, -0.05) is 6.92 Å². The van der Waals surface area contributed by atoms with Gasteiger partial charge in [-0.2, -0.15) is 9.40 Å². The van der Waals surface area contributed by atoms with E-state index in [2.05, 4.69) is 39.8 Å². The van der Waals surface area contributed by atoms with Crippen molar-refractivity contribution in [3.63, 3.8) is 0 Å². The van der Waals surface area contributed by atoms with Gasteiger partial charge >= 0.3 is 0 Å². The Balaban J connectivity index is 2.05. The van der Waals surface area contributed by atoms with Crippen LogP contribution in [0, 0.1) is 0 Å². The van der Waals surface area contributed by atoms with Crippen molar-refractivity contribution in [2.75, 3.05) is 32.4 Å². The molecule has 1 aromatic rings. The number of aromatic nitrogens is 2. The highest BCUT2D eigenvalue weighted by molar-refractivity contribution is 9.10. The molecule has 21 heavy (non-hydrogen) atoms. The van der Waals surface area contributed by atoms with Crippen molar-refractivity contribution in [3.05, 3.63) is 15.9 Å². The van der Waals surface area contributed by atoms with Crippen molar-refractivity contribution in [1.82, 2.24) is 19.0 Å². The van der Waals surface area contributed by atoms with E-state index >= 15 is 0 Å². The van der Waals surface area contributed by atoms with Gasteiger partial charge in [-0.3, -0.25) is 9.58 Å². The summed E-state index contributed by atoms with van der Waals surface area (Å²) in [4.78, 5) is 2.29. The largest absolute Gasteiger partial charge is 0.295 e. The first-order valence-corrected chi connectivity index (χ1v) is 9.92. The summed E-state index contributed by atoms with van der Waals surface area (Å²) in [5.74, 6) is 0. The average Bonchev–Trinajstić information content (AvgIpc) is 2.75. The van der Waals surface area contributed by atoms with Crippen molar-refractivity contribution in [2.45, 2.75) is 33.4 Å². The Morgan fingerprint density at radius 2 is 1.81 bits per heavy atom. The summed E-state index contributed by atoms with van der Waals surface area (Å²) in [5, 5.41) is 4.60. The van der Waals surface area contributed by atoms with E-state index < -0.39 is 10.0 Å². The van der Waals surface area contributed by atoms with Crippen LogP contribution in [0.4, 0.5) is 0 Å². The first-order valence-electron chi connectivity index (χ1n) is 7.28. The molecule has 0 aromatic carbocycles. The van der Waals surface area contributed by atoms with E-state index in [0.717, 1.165) is 42.8 Å². The number of hydrogen-bond donors (Lipinski definition) is 0. The van der Waals surface area contributed by atoms with Gasteiger partial charge in [-0.25, -0.2) is 8.42 Å². The molecule has 8 heteroatoms. The number of aryl methyl sites for hydroxylation is 2. The van der Waals surface area contributed by atoms with E-state index in [0.29, 0.717) is 13.1 Å². The highest BCUT2D eigenvalue weighted by Gasteiger charge is 2.25. The molecular formula is C13H23BrN4O2S. The van der Waals surface area contributed by atoms with Gasteiger partial charge in [0.2, 0.25) is 10.0 Å². The van der Waals surface area contributed by atoms with Gasteiger partial charge in [0.25, 0.3) is 0 Å². The third-order valence-electron chi connectivity index (χ3n) is 3.87. The van der Waals surface area contributed by atoms with Crippen LogP contribution in [0.3, 0.4) is 0 Å². The minimum Gasteiger partial charge on any atom is -0.295 e. The summed E-state index contributed by atoms with van der Waals surface area (Å²) in [7, 11) is -3.06. The van der Waals surface area contributed by atoms with Gasteiger partial charge in [0.15, 0.2) is 0 Å². The molecule has 0 bridgehead atoms. The van der Waals surface area contributed by atoms with Crippen LogP contribution in [0.2, 0.25) is 0 Å². The molecular weight excluding hydrogens is 356 g/mol. The summed E-state index contributed by atoms with van der Waals surface area (Å²) < 4.78 is 27.7. The molecule has 1 aromatic heterocycles. The lowest BCUT2D eigenvalue weighted by molar-refractivity contribution is 0.178.